The highest BCUT2D eigenvalue weighted by molar-refractivity contribution is 7.92. The van der Waals surface area contributed by atoms with Crippen LogP contribution < -0.4 is 4.74 Å². The van der Waals surface area contributed by atoms with Gasteiger partial charge in [0.05, 0.1) is 17.3 Å². The van der Waals surface area contributed by atoms with Crippen LogP contribution >= 0.6 is 0 Å². The summed E-state index contributed by atoms with van der Waals surface area (Å²) in [6.45, 7) is 2.63. The first-order chi connectivity index (χ1) is 12.5. The van der Waals surface area contributed by atoms with Crippen LogP contribution in [0.5, 0.6) is 5.75 Å². The van der Waals surface area contributed by atoms with Crippen molar-refractivity contribution in [3.63, 3.8) is 0 Å². The molecule has 1 aromatic carbocycles. The number of amides is 1. The third-order valence-electron chi connectivity index (χ3n) is 3.97. The third kappa shape index (κ3) is 9.23. The lowest BCUT2D eigenvalue weighted by molar-refractivity contribution is -0.127. The van der Waals surface area contributed by atoms with Crippen LogP contribution in [0.3, 0.4) is 0 Å². The zero-order chi connectivity index (χ0) is 20.5. The molecule has 0 fully saturated rings. The van der Waals surface area contributed by atoms with Crippen LogP contribution in [-0.4, -0.2) is 65.6 Å². The van der Waals surface area contributed by atoms with E-state index >= 15 is 0 Å². The van der Waals surface area contributed by atoms with Crippen LogP contribution in [0, 0.1) is 0 Å². The second-order valence-corrected chi connectivity index (χ2v) is 10.8. The molecule has 0 aliphatic carbocycles. The summed E-state index contributed by atoms with van der Waals surface area (Å²) in [4.78, 5) is 13.6. The van der Waals surface area contributed by atoms with Gasteiger partial charge in [0.2, 0.25) is 5.91 Å². The van der Waals surface area contributed by atoms with Gasteiger partial charge in [-0.25, -0.2) is 16.8 Å². The molecule has 0 heterocycles. The maximum absolute atomic E-state index is 12.0. The van der Waals surface area contributed by atoms with Gasteiger partial charge in [-0.2, -0.15) is 0 Å². The first-order valence-electron chi connectivity index (χ1n) is 8.92. The van der Waals surface area contributed by atoms with Gasteiger partial charge < -0.3 is 9.64 Å². The van der Waals surface area contributed by atoms with Crippen LogP contribution in [0.25, 0.3) is 0 Å². The Hall–Kier alpha value is -1.61. The zero-order valence-corrected chi connectivity index (χ0v) is 17.8. The first-order valence-corrected chi connectivity index (χ1v) is 12.6. The van der Waals surface area contributed by atoms with Gasteiger partial charge in [-0.05, 0) is 31.0 Å². The highest BCUT2D eigenvalue weighted by Crippen LogP contribution is 2.17. The van der Waals surface area contributed by atoms with E-state index < -0.39 is 31.3 Å². The Morgan fingerprint density at radius 1 is 1.11 bits per heavy atom. The Morgan fingerprint density at radius 2 is 1.81 bits per heavy atom. The molecule has 27 heavy (non-hydrogen) atoms. The largest absolute Gasteiger partial charge is 0.493 e. The fraction of sp³-hybridized carbons (Fsp3) is 0.611. The van der Waals surface area contributed by atoms with Gasteiger partial charge in [0.15, 0.2) is 19.7 Å². The van der Waals surface area contributed by atoms with E-state index in [1.807, 2.05) is 6.92 Å². The van der Waals surface area contributed by atoms with Gasteiger partial charge in [0.25, 0.3) is 0 Å². The number of unbranched alkanes of at least 4 members (excludes halogenated alkanes) is 2. The van der Waals surface area contributed by atoms with Crippen LogP contribution in [-0.2, 0) is 24.5 Å². The van der Waals surface area contributed by atoms with Crippen molar-refractivity contribution in [3.05, 3.63) is 24.3 Å². The van der Waals surface area contributed by atoms with E-state index in [1.165, 1.54) is 17.0 Å². The number of benzene rings is 1. The van der Waals surface area contributed by atoms with Gasteiger partial charge in [-0.15, -0.1) is 0 Å². The van der Waals surface area contributed by atoms with E-state index in [-0.39, 0.29) is 17.3 Å². The lowest BCUT2D eigenvalue weighted by Crippen LogP contribution is -2.34. The predicted octanol–water partition coefficient (Wildman–Crippen LogP) is 1.92. The molecule has 0 radical (unpaired) electrons. The van der Waals surface area contributed by atoms with Crippen molar-refractivity contribution in [3.8, 4) is 5.75 Å². The molecule has 0 aromatic heterocycles. The van der Waals surface area contributed by atoms with Gasteiger partial charge in [-0.3, -0.25) is 4.79 Å². The van der Waals surface area contributed by atoms with E-state index in [1.54, 1.807) is 19.2 Å². The Kier molecular flexibility index (Phi) is 9.25. The van der Waals surface area contributed by atoms with E-state index in [0.29, 0.717) is 25.1 Å². The lowest BCUT2D eigenvalue weighted by Gasteiger charge is -2.17. The van der Waals surface area contributed by atoms with Crippen LogP contribution in [0.2, 0.25) is 0 Å². The Labute approximate surface area is 162 Å². The van der Waals surface area contributed by atoms with Gasteiger partial charge in [0.1, 0.15) is 11.5 Å². The number of rotatable bonds is 12. The van der Waals surface area contributed by atoms with Gasteiger partial charge in [-0.1, -0.05) is 25.8 Å². The Morgan fingerprint density at radius 3 is 2.44 bits per heavy atom. The number of hydrogen-bond donors (Lipinski definition) is 0. The molecule has 0 unspecified atom stereocenters. The Balaban J connectivity index is 2.40. The molecule has 7 nitrogen and oxygen atoms in total. The molecule has 0 bridgehead atoms. The summed E-state index contributed by atoms with van der Waals surface area (Å²) in [7, 11) is -5.10. The molecule has 1 aromatic rings. The van der Waals surface area contributed by atoms with Crippen molar-refractivity contribution < 1.29 is 26.4 Å². The van der Waals surface area contributed by atoms with Crippen LogP contribution in [0.4, 0.5) is 0 Å². The average Bonchev–Trinajstić information content (AvgIpc) is 2.57. The van der Waals surface area contributed by atoms with E-state index in [2.05, 4.69) is 0 Å². The zero-order valence-electron chi connectivity index (χ0n) is 16.2. The van der Waals surface area contributed by atoms with Crippen molar-refractivity contribution in [2.24, 2.45) is 0 Å². The summed E-state index contributed by atoms with van der Waals surface area (Å²) in [6.07, 6.45) is 3.97. The summed E-state index contributed by atoms with van der Waals surface area (Å²) in [5.74, 6) is -0.416. The summed E-state index contributed by atoms with van der Waals surface area (Å²) < 4.78 is 52.4. The molecular weight excluding hydrogens is 390 g/mol. The third-order valence-corrected chi connectivity index (χ3v) is 6.68. The molecule has 0 spiro atoms. The Bertz CT molecular complexity index is 818. The maximum Gasteiger partial charge on any atom is 0.237 e. The highest BCUT2D eigenvalue weighted by atomic mass is 32.2. The lowest BCUT2D eigenvalue weighted by atomic mass is 10.3. The topological polar surface area (TPSA) is 97.8 Å². The minimum Gasteiger partial charge on any atom is -0.493 e. The summed E-state index contributed by atoms with van der Waals surface area (Å²) in [5.41, 5.74) is 0. The fourth-order valence-corrected chi connectivity index (χ4v) is 4.39. The van der Waals surface area contributed by atoms with E-state index in [0.717, 1.165) is 19.1 Å². The predicted molar refractivity (Wildman–Crippen MR) is 105 cm³/mol. The second kappa shape index (κ2) is 10.7. The number of carbonyl (C=O) groups excluding carboxylic acids is 1. The molecule has 1 amide bonds. The highest BCUT2D eigenvalue weighted by Gasteiger charge is 2.19. The number of sulfone groups is 2. The normalized spacial score (nSPS) is 12.0. The fourth-order valence-electron chi connectivity index (χ4n) is 2.35. The summed E-state index contributed by atoms with van der Waals surface area (Å²) >= 11 is 0. The van der Waals surface area contributed by atoms with Crippen molar-refractivity contribution in [2.75, 3.05) is 38.0 Å². The maximum atomic E-state index is 12.0. The summed E-state index contributed by atoms with van der Waals surface area (Å²) in [5, 5.41) is 0. The van der Waals surface area contributed by atoms with E-state index in [9.17, 15) is 21.6 Å². The number of nitrogens with zero attached hydrogens (tertiary/aromatic N) is 1. The average molecular weight is 420 g/mol. The number of ether oxygens (including phenoxy) is 1. The van der Waals surface area contributed by atoms with Gasteiger partial charge >= 0.3 is 0 Å². The molecule has 0 aliphatic heterocycles. The molecular formula is C18H29NO6S2. The summed E-state index contributed by atoms with van der Waals surface area (Å²) in [6, 6.07) is 6.21. The molecule has 0 saturated carbocycles. The van der Waals surface area contributed by atoms with Gasteiger partial charge in [0, 0.05) is 19.8 Å². The minimum atomic E-state index is -3.37. The number of carbonyl (C=O) groups is 1. The molecule has 0 atom stereocenters. The first kappa shape index (κ1) is 23.4. The second-order valence-electron chi connectivity index (χ2n) is 6.56. The molecule has 1 rings (SSSR count). The number of hydrogen-bond acceptors (Lipinski definition) is 6. The molecule has 9 heteroatoms. The van der Waals surface area contributed by atoms with Crippen molar-refractivity contribution in [1.29, 1.82) is 0 Å². The van der Waals surface area contributed by atoms with Crippen molar-refractivity contribution in [2.45, 2.75) is 37.5 Å². The van der Waals surface area contributed by atoms with Crippen LogP contribution in [0.1, 0.15) is 32.6 Å². The van der Waals surface area contributed by atoms with Crippen molar-refractivity contribution >= 4 is 25.6 Å². The minimum absolute atomic E-state index is 0.0419. The van der Waals surface area contributed by atoms with Crippen LogP contribution in [0.15, 0.2) is 29.2 Å². The van der Waals surface area contributed by atoms with Crippen molar-refractivity contribution in [1.82, 2.24) is 4.90 Å². The standard InChI is InChI=1S/C18H29NO6S2/c1-4-5-6-13-27(23,24)15-18(20)19(2)11-8-12-25-16-9-7-10-17(14-16)26(3,21)22/h7,9-10,14H,4-6,8,11-13,15H2,1-3H3. The molecule has 0 aliphatic rings. The monoisotopic (exact) mass is 419 g/mol. The molecule has 0 saturated heterocycles. The SMILES string of the molecule is CCCCCS(=O)(=O)CC(=O)N(C)CCCOc1cccc(S(C)(=O)=O)c1. The smallest absolute Gasteiger partial charge is 0.237 e. The molecule has 0 N–H and O–H groups in total. The quantitative estimate of drug-likeness (QED) is 0.480. The van der Waals surface area contributed by atoms with E-state index in [4.69, 9.17) is 4.74 Å². The molecule has 154 valence electrons.